The lowest BCUT2D eigenvalue weighted by molar-refractivity contribution is 0.132. The standard InChI is InChI=1S/C11H23NOS/c1-3-6-13-7-4-5-12-11-8-10(2)14-9-11/h10-12H,3-9H2,1-2H3. The van der Waals surface area contributed by atoms with Crippen LogP contribution < -0.4 is 5.32 Å². The van der Waals surface area contributed by atoms with Gasteiger partial charge in [0.25, 0.3) is 0 Å². The molecule has 1 heterocycles. The van der Waals surface area contributed by atoms with Crippen molar-refractivity contribution in [2.24, 2.45) is 0 Å². The maximum absolute atomic E-state index is 5.42. The van der Waals surface area contributed by atoms with Gasteiger partial charge >= 0.3 is 0 Å². The Hall–Kier alpha value is 0.270. The summed E-state index contributed by atoms with van der Waals surface area (Å²) in [7, 11) is 0. The van der Waals surface area contributed by atoms with Crippen molar-refractivity contribution in [1.29, 1.82) is 0 Å². The zero-order valence-corrected chi connectivity index (χ0v) is 10.2. The van der Waals surface area contributed by atoms with E-state index in [4.69, 9.17) is 4.74 Å². The summed E-state index contributed by atoms with van der Waals surface area (Å²) < 4.78 is 5.42. The molecule has 1 fully saturated rings. The van der Waals surface area contributed by atoms with E-state index in [2.05, 4.69) is 30.9 Å². The summed E-state index contributed by atoms with van der Waals surface area (Å²) in [6.45, 7) is 7.40. The minimum atomic E-state index is 0.751. The van der Waals surface area contributed by atoms with E-state index in [-0.39, 0.29) is 0 Å². The highest BCUT2D eigenvalue weighted by Crippen LogP contribution is 2.25. The molecule has 0 aromatic carbocycles. The molecule has 1 saturated heterocycles. The highest BCUT2D eigenvalue weighted by atomic mass is 32.2. The van der Waals surface area contributed by atoms with Crippen molar-refractivity contribution in [3.05, 3.63) is 0 Å². The fourth-order valence-corrected chi connectivity index (χ4v) is 2.87. The molecule has 0 spiro atoms. The molecule has 0 radical (unpaired) electrons. The van der Waals surface area contributed by atoms with Crippen LogP contribution in [0.1, 0.15) is 33.1 Å². The molecule has 0 bridgehead atoms. The lowest BCUT2D eigenvalue weighted by Gasteiger charge is -2.11. The smallest absolute Gasteiger partial charge is 0.0478 e. The van der Waals surface area contributed by atoms with Crippen molar-refractivity contribution < 1.29 is 4.74 Å². The number of ether oxygens (including phenoxy) is 1. The number of rotatable bonds is 7. The van der Waals surface area contributed by atoms with Crippen LogP contribution in [0.5, 0.6) is 0 Å². The van der Waals surface area contributed by atoms with E-state index in [0.717, 1.165) is 43.9 Å². The third-order valence-corrected chi connectivity index (χ3v) is 3.80. The average Bonchev–Trinajstić information content (AvgIpc) is 2.58. The third kappa shape index (κ3) is 5.23. The van der Waals surface area contributed by atoms with Crippen LogP contribution in [0.25, 0.3) is 0 Å². The monoisotopic (exact) mass is 217 g/mol. The van der Waals surface area contributed by atoms with Gasteiger partial charge in [-0.25, -0.2) is 0 Å². The Bertz CT molecular complexity index is 143. The van der Waals surface area contributed by atoms with Gasteiger partial charge in [0.2, 0.25) is 0 Å². The largest absolute Gasteiger partial charge is 0.381 e. The van der Waals surface area contributed by atoms with Gasteiger partial charge in [0.1, 0.15) is 0 Å². The molecule has 1 N–H and O–H groups in total. The van der Waals surface area contributed by atoms with Crippen molar-refractivity contribution in [3.63, 3.8) is 0 Å². The second-order valence-electron chi connectivity index (χ2n) is 4.00. The van der Waals surface area contributed by atoms with Crippen molar-refractivity contribution in [2.45, 2.75) is 44.4 Å². The first-order valence-corrected chi connectivity index (χ1v) is 6.80. The molecule has 0 aromatic heterocycles. The molecule has 1 aliphatic rings. The van der Waals surface area contributed by atoms with Gasteiger partial charge in [-0.3, -0.25) is 0 Å². The van der Waals surface area contributed by atoms with E-state index < -0.39 is 0 Å². The van der Waals surface area contributed by atoms with Crippen LogP contribution in [0.15, 0.2) is 0 Å². The van der Waals surface area contributed by atoms with Gasteiger partial charge in [-0.05, 0) is 25.8 Å². The highest BCUT2D eigenvalue weighted by Gasteiger charge is 2.20. The van der Waals surface area contributed by atoms with Crippen molar-refractivity contribution in [1.82, 2.24) is 5.32 Å². The molecule has 1 aliphatic heterocycles. The van der Waals surface area contributed by atoms with Crippen LogP contribution in [-0.2, 0) is 4.74 Å². The molecule has 2 atom stereocenters. The molecule has 3 heteroatoms. The van der Waals surface area contributed by atoms with E-state index in [1.165, 1.54) is 12.2 Å². The van der Waals surface area contributed by atoms with Crippen LogP contribution in [0.4, 0.5) is 0 Å². The van der Waals surface area contributed by atoms with E-state index in [9.17, 15) is 0 Å². The van der Waals surface area contributed by atoms with Gasteiger partial charge in [-0.1, -0.05) is 13.8 Å². The van der Waals surface area contributed by atoms with E-state index in [1.54, 1.807) is 0 Å². The zero-order chi connectivity index (χ0) is 10.2. The van der Waals surface area contributed by atoms with Gasteiger partial charge in [-0.2, -0.15) is 11.8 Å². The summed E-state index contributed by atoms with van der Waals surface area (Å²) in [5.74, 6) is 1.29. The molecular formula is C11H23NOS. The van der Waals surface area contributed by atoms with Gasteiger partial charge < -0.3 is 10.1 Å². The molecule has 14 heavy (non-hydrogen) atoms. The zero-order valence-electron chi connectivity index (χ0n) is 9.42. The molecule has 0 aromatic rings. The minimum absolute atomic E-state index is 0.751. The summed E-state index contributed by atoms with van der Waals surface area (Å²) in [6.07, 6.45) is 3.61. The predicted octanol–water partition coefficient (Wildman–Crippen LogP) is 2.29. The molecule has 1 rings (SSSR count). The van der Waals surface area contributed by atoms with Crippen LogP contribution in [-0.4, -0.2) is 36.8 Å². The first kappa shape index (κ1) is 12.3. The molecule has 0 aliphatic carbocycles. The lowest BCUT2D eigenvalue weighted by Crippen LogP contribution is -2.30. The lowest BCUT2D eigenvalue weighted by atomic mass is 10.2. The number of thioether (sulfide) groups is 1. The Kier molecular flexibility index (Phi) is 6.65. The Balaban J connectivity index is 1.84. The second kappa shape index (κ2) is 7.55. The topological polar surface area (TPSA) is 21.3 Å². The molecule has 0 saturated carbocycles. The van der Waals surface area contributed by atoms with Gasteiger partial charge in [0.15, 0.2) is 0 Å². The van der Waals surface area contributed by atoms with E-state index >= 15 is 0 Å². The Morgan fingerprint density at radius 3 is 2.93 bits per heavy atom. The van der Waals surface area contributed by atoms with E-state index in [1.807, 2.05) is 0 Å². The number of hydrogen-bond donors (Lipinski definition) is 1. The molecule has 2 nitrogen and oxygen atoms in total. The van der Waals surface area contributed by atoms with Crippen LogP contribution >= 0.6 is 11.8 Å². The normalized spacial score (nSPS) is 27.0. The first-order valence-electron chi connectivity index (χ1n) is 5.75. The summed E-state index contributed by atoms with van der Waals surface area (Å²) >= 11 is 2.08. The Morgan fingerprint density at radius 2 is 2.29 bits per heavy atom. The van der Waals surface area contributed by atoms with Crippen molar-refractivity contribution >= 4 is 11.8 Å². The SMILES string of the molecule is CCCOCCCNC1CSC(C)C1. The number of nitrogens with one attached hydrogen (secondary N) is 1. The summed E-state index contributed by atoms with van der Waals surface area (Å²) in [5.41, 5.74) is 0. The van der Waals surface area contributed by atoms with Gasteiger partial charge in [0.05, 0.1) is 0 Å². The van der Waals surface area contributed by atoms with Crippen molar-refractivity contribution in [2.75, 3.05) is 25.5 Å². The van der Waals surface area contributed by atoms with Gasteiger partial charge in [-0.15, -0.1) is 0 Å². The van der Waals surface area contributed by atoms with Gasteiger partial charge in [0, 0.05) is 30.3 Å². The molecule has 84 valence electrons. The Morgan fingerprint density at radius 1 is 1.43 bits per heavy atom. The summed E-state index contributed by atoms with van der Waals surface area (Å²) in [5, 5.41) is 4.44. The first-order chi connectivity index (χ1) is 6.83. The maximum Gasteiger partial charge on any atom is 0.0478 e. The van der Waals surface area contributed by atoms with E-state index in [0.29, 0.717) is 0 Å². The average molecular weight is 217 g/mol. The van der Waals surface area contributed by atoms with Crippen LogP contribution in [0.3, 0.4) is 0 Å². The number of hydrogen-bond acceptors (Lipinski definition) is 3. The fraction of sp³-hybridized carbons (Fsp3) is 1.00. The summed E-state index contributed by atoms with van der Waals surface area (Å²) in [6, 6.07) is 0.751. The molecule has 2 unspecified atom stereocenters. The highest BCUT2D eigenvalue weighted by molar-refractivity contribution is 8.00. The maximum atomic E-state index is 5.42. The minimum Gasteiger partial charge on any atom is -0.381 e. The van der Waals surface area contributed by atoms with Crippen LogP contribution in [0.2, 0.25) is 0 Å². The fourth-order valence-electron chi connectivity index (χ4n) is 1.69. The van der Waals surface area contributed by atoms with Crippen molar-refractivity contribution in [3.8, 4) is 0 Å². The molecular weight excluding hydrogens is 194 g/mol. The summed E-state index contributed by atoms with van der Waals surface area (Å²) in [4.78, 5) is 0. The third-order valence-electron chi connectivity index (χ3n) is 2.45. The second-order valence-corrected chi connectivity index (χ2v) is 5.47. The Labute approximate surface area is 92.2 Å². The quantitative estimate of drug-likeness (QED) is 0.661. The predicted molar refractivity (Wildman–Crippen MR) is 64.1 cm³/mol. The van der Waals surface area contributed by atoms with Crippen LogP contribution in [0, 0.1) is 0 Å². The molecule has 0 amide bonds.